The minimum Gasteiger partial charge on any atom is -0.480 e. The number of carbonyl (C=O) groups is 3. The molecule has 3 aliphatic rings. The Morgan fingerprint density at radius 1 is 1.46 bits per heavy atom. The highest BCUT2D eigenvalue weighted by Gasteiger charge is 2.67. The topological polar surface area (TPSA) is 164 Å². The normalized spacial score (nSPS) is 27.0. The molecule has 13 nitrogen and oxygen atoms in total. The number of halogens is 3. The maximum absolute atomic E-state index is 13.5. The van der Waals surface area contributed by atoms with Crippen molar-refractivity contribution in [2.45, 2.75) is 39.3 Å². The molecule has 1 fully saturated rings. The Hall–Kier alpha value is -1.75. The molecule has 0 aromatic carbocycles. The number of rotatable bonds is 10. The van der Waals surface area contributed by atoms with Crippen LogP contribution in [0.3, 0.4) is 0 Å². The molecular weight excluding hydrogens is 593 g/mol. The lowest BCUT2D eigenvalue weighted by atomic mass is 9.97. The highest BCUT2D eigenvalue weighted by atomic mass is 35.5. The van der Waals surface area contributed by atoms with Crippen LogP contribution in [-0.4, -0.2) is 88.7 Å². The first kappa shape index (κ1) is 28.3. The average Bonchev–Trinajstić information content (AvgIpc) is 3.47. The summed E-state index contributed by atoms with van der Waals surface area (Å²) < 4.78 is 15.4. The molecule has 3 aliphatic heterocycles. The van der Waals surface area contributed by atoms with Crippen LogP contribution in [0.5, 0.6) is 0 Å². The van der Waals surface area contributed by atoms with Gasteiger partial charge in [0.2, 0.25) is 11.1 Å². The molecule has 202 valence electrons. The third-order valence-electron chi connectivity index (χ3n) is 5.63. The predicted octanol–water partition coefficient (Wildman–Crippen LogP) is 0.823. The number of methoxy groups -OCH3 is 1. The minimum absolute atomic E-state index is 0.0762. The van der Waals surface area contributed by atoms with Crippen LogP contribution in [0.2, 0.25) is 0 Å². The van der Waals surface area contributed by atoms with Crippen LogP contribution in [0.15, 0.2) is 28.8 Å². The van der Waals surface area contributed by atoms with E-state index >= 15 is 0 Å². The van der Waals surface area contributed by atoms with Crippen molar-refractivity contribution >= 4 is 76.1 Å². The Morgan fingerprint density at radius 3 is 2.81 bits per heavy atom. The van der Waals surface area contributed by atoms with Crippen LogP contribution in [0.25, 0.3) is 0 Å². The monoisotopic (exact) mass is 613 g/mol. The van der Waals surface area contributed by atoms with Gasteiger partial charge in [0, 0.05) is 32.1 Å². The number of nitrogens with two attached hydrogens (primary N) is 1. The van der Waals surface area contributed by atoms with Crippen LogP contribution in [-0.2, 0) is 35.6 Å². The highest BCUT2D eigenvalue weighted by Crippen LogP contribution is 2.48. The second-order valence-electron chi connectivity index (χ2n) is 8.25. The van der Waals surface area contributed by atoms with E-state index in [1.807, 2.05) is 0 Å². The van der Waals surface area contributed by atoms with Crippen molar-refractivity contribution in [2.24, 2.45) is 12.8 Å². The molecule has 37 heavy (non-hydrogen) atoms. The molecule has 1 aromatic heterocycles. The van der Waals surface area contributed by atoms with Gasteiger partial charge in [0.25, 0.3) is 16.2 Å². The minimum atomic E-state index is -2.03. The van der Waals surface area contributed by atoms with Crippen LogP contribution in [0.4, 0.5) is 0 Å². The van der Waals surface area contributed by atoms with E-state index in [2.05, 4.69) is 20.8 Å². The van der Waals surface area contributed by atoms with Crippen LogP contribution in [0.1, 0.15) is 12.8 Å². The molecule has 2 amide bonds. The Balaban J connectivity index is 1.59. The molecule has 18 heteroatoms. The Morgan fingerprint density at radius 2 is 2.22 bits per heavy atom. The quantitative estimate of drug-likeness (QED) is 0.126. The Kier molecular flexibility index (Phi) is 8.24. The fraction of sp³-hybridized carbons (Fsp3) is 0.579. The molecule has 1 aromatic rings. The molecule has 0 radical (unpaired) electrons. The van der Waals surface area contributed by atoms with Gasteiger partial charge in [-0.1, -0.05) is 35.0 Å². The Bertz CT molecular complexity index is 1160. The summed E-state index contributed by atoms with van der Waals surface area (Å²) in [6.45, 7) is 0. The number of amides is 2. The van der Waals surface area contributed by atoms with Gasteiger partial charge in [0.05, 0.1) is 18.6 Å². The van der Waals surface area contributed by atoms with Crippen molar-refractivity contribution < 1.29 is 28.6 Å². The van der Waals surface area contributed by atoms with E-state index in [0.29, 0.717) is 17.2 Å². The number of nitrogens with one attached hydrogen (secondary N) is 1. The zero-order chi connectivity index (χ0) is 27.0. The van der Waals surface area contributed by atoms with Gasteiger partial charge < -0.3 is 19.5 Å². The molecule has 4 rings (SSSR count). The smallest absolute Gasteiger partial charge is 0.357 e. The van der Waals surface area contributed by atoms with E-state index < -0.39 is 45.0 Å². The molecule has 4 heterocycles. The van der Waals surface area contributed by atoms with Gasteiger partial charge in [-0.25, -0.2) is 9.48 Å². The summed E-state index contributed by atoms with van der Waals surface area (Å²) in [4.78, 5) is 40.7. The number of alkyl halides is 3. The van der Waals surface area contributed by atoms with Gasteiger partial charge >= 0.3 is 5.97 Å². The third kappa shape index (κ3) is 5.53. The molecule has 1 unspecified atom stereocenters. The van der Waals surface area contributed by atoms with Crippen molar-refractivity contribution in [1.29, 1.82) is 0 Å². The molecule has 1 saturated heterocycles. The number of aryl methyl sites for hydroxylation is 1. The highest BCUT2D eigenvalue weighted by molar-refractivity contribution is 8.01. The summed E-state index contributed by atoms with van der Waals surface area (Å²) in [6, 6.07) is 0. The van der Waals surface area contributed by atoms with E-state index in [1.165, 1.54) is 46.5 Å². The lowest BCUT2D eigenvalue weighted by molar-refractivity contribution is -0.193. The first-order valence-electron chi connectivity index (χ1n) is 10.6. The first-order chi connectivity index (χ1) is 17.5. The van der Waals surface area contributed by atoms with Crippen LogP contribution in [0, 0.1) is 0 Å². The SMILES string of the molecule is CO[C@@]1(NC(=O)CC2(N)CC=CO2)C(=O)N2C(C(=O)OC(Cl)(Cl)CCl)=C(CSc3nnnn3C)CS[C@@H]21. The summed E-state index contributed by atoms with van der Waals surface area (Å²) >= 11 is 20.2. The molecule has 0 bridgehead atoms. The summed E-state index contributed by atoms with van der Waals surface area (Å²) in [6.07, 6.45) is 3.23. The fourth-order valence-corrected chi connectivity index (χ4v) is 6.49. The van der Waals surface area contributed by atoms with Crippen LogP contribution < -0.4 is 11.1 Å². The second-order valence-corrected chi connectivity index (χ2v) is 11.9. The number of β-lactam (4-membered cyclic amide) rings is 1. The van der Waals surface area contributed by atoms with Gasteiger partial charge in [-0.2, -0.15) is 0 Å². The standard InChI is InChI=1S/C19H22Cl3N7O6S2/c1-28-16(25-26-27-28)37-8-10-7-36-15-19(33-2,24-11(30)6-17(23)4-3-5-34-17)14(32)29(15)12(10)13(31)35-18(21,22)9-20/h3,5,15H,4,6-9,23H2,1-2H3,(H,24,30)/t15-,17?,19+/m1/s1. The van der Waals surface area contributed by atoms with Crippen molar-refractivity contribution in [2.75, 3.05) is 24.5 Å². The summed E-state index contributed by atoms with van der Waals surface area (Å²) in [7, 11) is 2.95. The number of carbonyl (C=O) groups excluding carboxylic acids is 3. The molecule has 0 spiro atoms. The number of aromatic nitrogens is 4. The number of thioether (sulfide) groups is 2. The van der Waals surface area contributed by atoms with Gasteiger partial charge in [-0.3, -0.25) is 20.2 Å². The lowest BCUT2D eigenvalue weighted by Gasteiger charge is -2.56. The van der Waals surface area contributed by atoms with Crippen molar-refractivity contribution in [3.63, 3.8) is 0 Å². The number of fused-ring (bicyclic) bond motifs is 1. The largest absolute Gasteiger partial charge is 0.480 e. The molecule has 3 atom stereocenters. The third-order valence-corrected chi connectivity index (χ3v) is 9.17. The van der Waals surface area contributed by atoms with Gasteiger partial charge in [0.1, 0.15) is 11.1 Å². The van der Waals surface area contributed by atoms with Crippen molar-refractivity contribution in [3.05, 3.63) is 23.6 Å². The fourth-order valence-electron chi connectivity index (χ4n) is 3.87. The zero-order valence-corrected chi connectivity index (χ0v) is 23.4. The molecule has 0 aliphatic carbocycles. The maximum atomic E-state index is 13.5. The predicted molar refractivity (Wildman–Crippen MR) is 135 cm³/mol. The number of tetrazole rings is 1. The number of esters is 1. The number of hydrogen-bond acceptors (Lipinski definition) is 12. The number of ether oxygens (including phenoxy) is 3. The van der Waals surface area contributed by atoms with E-state index in [4.69, 9.17) is 54.7 Å². The number of hydrogen-bond donors (Lipinski definition) is 2. The summed E-state index contributed by atoms with van der Waals surface area (Å²) in [5.74, 6) is -2.09. The zero-order valence-electron chi connectivity index (χ0n) is 19.5. The van der Waals surface area contributed by atoms with E-state index in [1.54, 1.807) is 13.1 Å². The molecule has 3 N–H and O–H groups in total. The van der Waals surface area contributed by atoms with E-state index in [0.717, 1.165) is 0 Å². The van der Waals surface area contributed by atoms with Crippen LogP contribution >= 0.6 is 58.3 Å². The Labute approximate surface area is 234 Å². The first-order valence-corrected chi connectivity index (χ1v) is 14.0. The summed E-state index contributed by atoms with van der Waals surface area (Å²) in [5.41, 5.74) is 3.57. The van der Waals surface area contributed by atoms with Crippen molar-refractivity contribution in [3.8, 4) is 0 Å². The maximum Gasteiger partial charge on any atom is 0.357 e. The second kappa shape index (κ2) is 10.8. The average molecular weight is 615 g/mol. The van der Waals surface area contributed by atoms with Crippen molar-refractivity contribution in [1.82, 2.24) is 30.4 Å². The summed E-state index contributed by atoms with van der Waals surface area (Å²) in [5, 5.41) is 13.6. The van der Waals surface area contributed by atoms with Gasteiger partial charge in [-0.15, -0.1) is 28.5 Å². The van der Waals surface area contributed by atoms with Gasteiger partial charge in [0.15, 0.2) is 5.72 Å². The number of nitrogens with zero attached hydrogens (tertiary/aromatic N) is 5. The molecular formula is C19H22Cl3N7O6S2. The molecule has 0 saturated carbocycles. The van der Waals surface area contributed by atoms with Gasteiger partial charge in [-0.05, 0) is 22.1 Å². The lowest BCUT2D eigenvalue weighted by Crippen LogP contribution is -2.81. The van der Waals surface area contributed by atoms with E-state index in [-0.39, 0.29) is 23.6 Å². The van der Waals surface area contributed by atoms with E-state index in [9.17, 15) is 14.4 Å².